The molecule has 0 bridgehead atoms. The molecular formula is C24H22IN7O3. The molecule has 0 N–H and O–H groups in total. The van der Waals surface area contributed by atoms with E-state index in [1.165, 1.54) is 6.39 Å². The number of likely N-dealkylation sites (tertiary alicyclic amines) is 1. The maximum atomic E-state index is 13.2. The van der Waals surface area contributed by atoms with Gasteiger partial charge in [-0.05, 0) is 36.6 Å². The van der Waals surface area contributed by atoms with Gasteiger partial charge >= 0.3 is 0 Å². The topological polar surface area (TPSA) is 123 Å². The van der Waals surface area contributed by atoms with Crippen molar-refractivity contribution >= 4 is 39.5 Å². The number of aromatic nitrogens is 5. The first-order valence-corrected chi connectivity index (χ1v) is 12.6. The molecule has 0 unspecified atom stereocenters. The Kier molecular flexibility index (Phi) is 6.38. The molecule has 0 radical (unpaired) electrons. The number of carbonyl (C=O) groups excluding carboxylic acids is 1. The number of hydrogen-bond acceptors (Lipinski definition) is 8. The SMILES string of the molecule is COc1cc(C2(C#N)CCN(C(=O)Cn3nc(-c4ncon4)c4cccnc43)CC2)ccc1CI. The summed E-state index contributed by atoms with van der Waals surface area (Å²) in [5.41, 5.74) is 2.47. The van der Waals surface area contributed by atoms with Crippen LogP contribution >= 0.6 is 22.6 Å². The first-order valence-electron chi connectivity index (χ1n) is 11.1. The summed E-state index contributed by atoms with van der Waals surface area (Å²) in [7, 11) is 1.65. The van der Waals surface area contributed by atoms with Crippen LogP contribution in [0, 0.1) is 11.3 Å². The highest BCUT2D eigenvalue weighted by atomic mass is 127. The number of ether oxygens (including phenoxy) is 1. The summed E-state index contributed by atoms with van der Waals surface area (Å²) in [6.45, 7) is 0.989. The van der Waals surface area contributed by atoms with Crippen molar-refractivity contribution in [2.75, 3.05) is 20.2 Å². The Morgan fingerprint density at radius 3 is 2.80 bits per heavy atom. The number of nitrogens with zero attached hydrogens (tertiary/aromatic N) is 7. The van der Waals surface area contributed by atoms with Crippen molar-refractivity contribution in [1.82, 2.24) is 29.8 Å². The lowest BCUT2D eigenvalue weighted by molar-refractivity contribution is -0.133. The molecule has 10 nitrogen and oxygen atoms in total. The second kappa shape index (κ2) is 9.61. The molecule has 1 amide bonds. The van der Waals surface area contributed by atoms with Crippen molar-refractivity contribution < 1.29 is 14.1 Å². The molecule has 3 aromatic heterocycles. The first kappa shape index (κ1) is 23.2. The Bertz CT molecular complexity index is 1400. The van der Waals surface area contributed by atoms with E-state index in [4.69, 9.17) is 9.26 Å². The zero-order chi connectivity index (χ0) is 24.4. The van der Waals surface area contributed by atoms with Gasteiger partial charge in [0.25, 0.3) is 0 Å². The minimum atomic E-state index is -0.653. The minimum absolute atomic E-state index is 0.0309. The molecule has 1 saturated heterocycles. The molecule has 0 spiro atoms. The molecule has 0 saturated carbocycles. The van der Waals surface area contributed by atoms with Crippen molar-refractivity contribution in [3.05, 3.63) is 54.0 Å². The van der Waals surface area contributed by atoms with Crippen molar-refractivity contribution in [1.29, 1.82) is 5.26 Å². The van der Waals surface area contributed by atoms with Crippen LogP contribution < -0.4 is 4.74 Å². The van der Waals surface area contributed by atoms with Gasteiger partial charge in [-0.3, -0.25) is 4.79 Å². The van der Waals surface area contributed by atoms with Crippen LogP contribution in [0.3, 0.4) is 0 Å². The van der Waals surface area contributed by atoms with E-state index >= 15 is 0 Å². The summed E-state index contributed by atoms with van der Waals surface area (Å²) < 4.78 is 12.8. The predicted molar refractivity (Wildman–Crippen MR) is 135 cm³/mol. The maximum Gasteiger partial charge on any atom is 0.244 e. The molecule has 0 aliphatic carbocycles. The van der Waals surface area contributed by atoms with Crippen molar-refractivity contribution in [2.45, 2.75) is 29.2 Å². The van der Waals surface area contributed by atoms with E-state index in [0.29, 0.717) is 43.1 Å². The zero-order valence-electron chi connectivity index (χ0n) is 19.0. The van der Waals surface area contributed by atoms with Crippen LogP contribution in [-0.2, 0) is 21.2 Å². The number of pyridine rings is 1. The number of hydrogen-bond donors (Lipinski definition) is 0. The summed E-state index contributed by atoms with van der Waals surface area (Å²) in [5.74, 6) is 1.06. The van der Waals surface area contributed by atoms with Crippen LogP contribution in [0.25, 0.3) is 22.6 Å². The average molecular weight is 583 g/mol. The standard InChI is InChI=1S/C24H22IN7O3/c1-34-19-11-17(5-4-16(19)12-25)24(14-26)6-9-31(10-7-24)20(33)13-32-23-18(3-2-8-27-23)21(29-32)22-28-15-35-30-22/h2-5,8,11,15H,6-7,9-10,12-13H2,1H3. The molecule has 0 atom stereocenters. The molecule has 5 rings (SSSR count). The number of methoxy groups -OCH3 is 1. The lowest BCUT2D eigenvalue weighted by atomic mass is 9.73. The van der Waals surface area contributed by atoms with Crippen LogP contribution in [0.5, 0.6) is 5.75 Å². The van der Waals surface area contributed by atoms with E-state index in [0.717, 1.165) is 26.7 Å². The Balaban J connectivity index is 1.34. The molecule has 1 aliphatic heterocycles. The Hall–Kier alpha value is -3.53. The molecular weight excluding hydrogens is 561 g/mol. The number of alkyl halides is 1. The van der Waals surface area contributed by atoms with Gasteiger partial charge in [0.1, 0.15) is 18.0 Å². The van der Waals surface area contributed by atoms with Gasteiger partial charge in [0.2, 0.25) is 18.1 Å². The fourth-order valence-electron chi connectivity index (χ4n) is 4.54. The average Bonchev–Trinajstić information content (AvgIpc) is 3.57. The van der Waals surface area contributed by atoms with Crippen LogP contribution in [-0.4, -0.2) is 55.9 Å². The van der Waals surface area contributed by atoms with Crippen LogP contribution in [0.2, 0.25) is 0 Å². The van der Waals surface area contributed by atoms with Gasteiger partial charge in [0.05, 0.1) is 24.0 Å². The van der Waals surface area contributed by atoms with Gasteiger partial charge < -0.3 is 14.2 Å². The van der Waals surface area contributed by atoms with Crippen LogP contribution in [0.4, 0.5) is 0 Å². The quantitative estimate of drug-likeness (QED) is 0.250. The Labute approximate surface area is 215 Å². The maximum absolute atomic E-state index is 13.2. The van der Waals surface area contributed by atoms with E-state index in [2.05, 4.69) is 48.9 Å². The highest BCUT2D eigenvalue weighted by Gasteiger charge is 2.38. The molecule has 1 aromatic carbocycles. The van der Waals surface area contributed by atoms with E-state index < -0.39 is 5.41 Å². The van der Waals surface area contributed by atoms with Gasteiger partial charge in [0.15, 0.2) is 5.65 Å². The molecule has 1 fully saturated rings. The molecule has 35 heavy (non-hydrogen) atoms. The number of carbonyl (C=O) groups is 1. The number of rotatable bonds is 6. The van der Waals surface area contributed by atoms with Crippen molar-refractivity contribution in [2.24, 2.45) is 0 Å². The number of halogens is 1. The zero-order valence-corrected chi connectivity index (χ0v) is 21.2. The fourth-order valence-corrected chi connectivity index (χ4v) is 5.17. The molecule has 1 aliphatic rings. The van der Waals surface area contributed by atoms with E-state index in [1.54, 1.807) is 29.0 Å². The monoisotopic (exact) mass is 583 g/mol. The van der Waals surface area contributed by atoms with Gasteiger partial charge in [-0.1, -0.05) is 39.9 Å². The lowest BCUT2D eigenvalue weighted by Crippen LogP contribution is -2.45. The lowest BCUT2D eigenvalue weighted by Gasteiger charge is -2.37. The van der Waals surface area contributed by atoms with E-state index in [1.807, 2.05) is 24.3 Å². The third-order valence-electron chi connectivity index (χ3n) is 6.53. The molecule has 11 heteroatoms. The molecule has 4 heterocycles. The Morgan fingerprint density at radius 2 is 2.11 bits per heavy atom. The predicted octanol–water partition coefficient (Wildman–Crippen LogP) is 3.51. The van der Waals surface area contributed by atoms with Gasteiger partial charge in [-0.2, -0.15) is 15.3 Å². The second-order valence-electron chi connectivity index (χ2n) is 8.37. The summed E-state index contributed by atoms with van der Waals surface area (Å²) in [6.07, 6.45) is 4.00. The van der Waals surface area contributed by atoms with E-state index in [-0.39, 0.29) is 12.5 Å². The largest absolute Gasteiger partial charge is 0.496 e. The second-order valence-corrected chi connectivity index (χ2v) is 9.13. The number of nitriles is 1. The highest BCUT2D eigenvalue weighted by molar-refractivity contribution is 14.1. The molecule has 178 valence electrons. The smallest absolute Gasteiger partial charge is 0.244 e. The van der Waals surface area contributed by atoms with Gasteiger partial charge in [-0.15, -0.1) is 0 Å². The minimum Gasteiger partial charge on any atom is -0.496 e. The third-order valence-corrected chi connectivity index (χ3v) is 7.35. The van der Waals surface area contributed by atoms with E-state index in [9.17, 15) is 10.1 Å². The fraction of sp³-hybridized carbons (Fsp3) is 0.333. The molecule has 4 aromatic rings. The number of benzene rings is 1. The third kappa shape index (κ3) is 4.22. The van der Waals surface area contributed by atoms with Crippen LogP contribution in [0.1, 0.15) is 24.0 Å². The first-order chi connectivity index (χ1) is 17.1. The summed E-state index contributed by atoms with van der Waals surface area (Å²) in [5, 5.41) is 19.3. The summed E-state index contributed by atoms with van der Waals surface area (Å²) >= 11 is 2.30. The van der Waals surface area contributed by atoms with Crippen molar-refractivity contribution in [3.63, 3.8) is 0 Å². The number of amides is 1. The normalized spacial score (nSPS) is 15.2. The summed E-state index contributed by atoms with van der Waals surface area (Å²) in [4.78, 5) is 23.5. The van der Waals surface area contributed by atoms with Gasteiger partial charge in [-0.25, -0.2) is 9.67 Å². The van der Waals surface area contributed by atoms with Crippen molar-refractivity contribution in [3.8, 4) is 23.3 Å². The number of piperidine rings is 1. The Morgan fingerprint density at radius 1 is 1.29 bits per heavy atom. The number of fused-ring (bicyclic) bond motifs is 1. The summed E-state index contributed by atoms with van der Waals surface area (Å²) in [6, 6.07) is 12.2. The van der Waals surface area contributed by atoms with Crippen LogP contribution in [0.15, 0.2) is 47.4 Å². The van der Waals surface area contributed by atoms with Gasteiger partial charge in [0, 0.05) is 29.3 Å². The highest BCUT2D eigenvalue weighted by Crippen LogP contribution is 2.38.